The van der Waals surface area contributed by atoms with E-state index in [1.165, 1.54) is 0 Å². The lowest BCUT2D eigenvalue weighted by Gasteiger charge is -1.85. The molecule has 0 aliphatic carbocycles. The lowest BCUT2D eigenvalue weighted by atomic mass is 10.5. The van der Waals surface area contributed by atoms with Crippen LogP contribution >= 0.6 is 43.2 Å². The number of rotatable bonds is 0. The number of hydrogen-bond acceptors (Lipinski definition) is 3. The maximum absolute atomic E-state index is 4.17. The van der Waals surface area contributed by atoms with Crippen LogP contribution in [0.3, 0.4) is 0 Å². The number of fused-ring (bicyclic) bond motifs is 1. The molecule has 0 aliphatic rings. The molecule has 0 fully saturated rings. The van der Waals surface area contributed by atoms with Crippen molar-refractivity contribution < 1.29 is 0 Å². The second-order valence-electron chi connectivity index (χ2n) is 1.90. The van der Waals surface area contributed by atoms with Crippen molar-refractivity contribution in [2.24, 2.45) is 0 Å². The first-order chi connectivity index (χ1) is 5.29. The van der Waals surface area contributed by atoms with Crippen LogP contribution in [0.4, 0.5) is 0 Å². The van der Waals surface area contributed by atoms with Gasteiger partial charge in [-0.2, -0.15) is 0 Å². The van der Waals surface area contributed by atoms with Gasteiger partial charge in [0.25, 0.3) is 0 Å². The average Bonchev–Trinajstić information content (AvgIpc) is 2.30. The summed E-state index contributed by atoms with van der Waals surface area (Å²) in [4.78, 5) is 8.35. The van der Waals surface area contributed by atoms with Gasteiger partial charge in [0.2, 0.25) is 0 Å². The van der Waals surface area contributed by atoms with Crippen LogP contribution in [0.1, 0.15) is 0 Å². The van der Waals surface area contributed by atoms with Gasteiger partial charge in [-0.25, -0.2) is 0 Å². The lowest BCUT2D eigenvalue weighted by molar-refractivity contribution is 1.30. The molecule has 0 aromatic carbocycles. The monoisotopic (exact) mass is 292 g/mol. The van der Waals surface area contributed by atoms with Crippen molar-refractivity contribution >= 4 is 54.2 Å². The minimum absolute atomic E-state index is 0.921. The third-order valence-corrected chi connectivity index (χ3v) is 3.72. The Kier molecular flexibility index (Phi) is 1.95. The van der Waals surface area contributed by atoms with E-state index in [2.05, 4.69) is 41.8 Å². The first-order valence-electron chi connectivity index (χ1n) is 2.83. The maximum atomic E-state index is 4.17. The van der Waals surface area contributed by atoms with Crippen molar-refractivity contribution in [2.75, 3.05) is 0 Å². The van der Waals surface area contributed by atoms with Gasteiger partial charge in [-0.15, -0.1) is 11.3 Å². The number of halogens is 2. The molecule has 56 valence electrons. The van der Waals surface area contributed by atoms with E-state index in [-0.39, 0.29) is 0 Å². The van der Waals surface area contributed by atoms with Crippen LogP contribution in [-0.2, 0) is 0 Å². The van der Waals surface area contributed by atoms with Crippen molar-refractivity contribution in [3.05, 3.63) is 20.0 Å². The molecular formula is C6H2Br2N2S. The highest BCUT2D eigenvalue weighted by Gasteiger charge is 2.07. The fourth-order valence-electron chi connectivity index (χ4n) is 0.801. The fraction of sp³-hybridized carbons (Fsp3) is 0. The van der Waals surface area contributed by atoms with E-state index in [9.17, 15) is 0 Å². The van der Waals surface area contributed by atoms with Crippen LogP contribution in [0.2, 0.25) is 0 Å². The Hall–Kier alpha value is -0.000000000000000167. The molecule has 0 bridgehead atoms. The zero-order chi connectivity index (χ0) is 7.84. The van der Waals surface area contributed by atoms with E-state index >= 15 is 0 Å². The Bertz CT molecular complexity index is 362. The summed E-state index contributed by atoms with van der Waals surface area (Å²) in [6.45, 7) is 0. The normalized spacial score (nSPS) is 10.7. The zero-order valence-corrected chi connectivity index (χ0v) is 9.20. The Morgan fingerprint density at radius 1 is 1.00 bits per heavy atom. The molecule has 11 heavy (non-hydrogen) atoms. The molecular weight excluding hydrogens is 292 g/mol. The summed E-state index contributed by atoms with van der Waals surface area (Å²) in [6.07, 6.45) is 3.37. The van der Waals surface area contributed by atoms with Gasteiger partial charge in [0.05, 0.1) is 7.57 Å². The van der Waals surface area contributed by atoms with Gasteiger partial charge in [-0.05, 0) is 31.9 Å². The molecule has 0 radical (unpaired) electrons. The third-order valence-electron chi connectivity index (χ3n) is 1.25. The van der Waals surface area contributed by atoms with Crippen molar-refractivity contribution in [1.82, 2.24) is 9.97 Å². The van der Waals surface area contributed by atoms with Crippen molar-refractivity contribution in [2.45, 2.75) is 0 Å². The predicted octanol–water partition coefficient (Wildman–Crippen LogP) is 3.22. The van der Waals surface area contributed by atoms with E-state index in [0.717, 1.165) is 18.6 Å². The van der Waals surface area contributed by atoms with Gasteiger partial charge < -0.3 is 0 Å². The summed E-state index contributed by atoms with van der Waals surface area (Å²) in [6, 6.07) is 0. The largest absolute Gasteiger partial charge is 0.251 e. The molecule has 5 heteroatoms. The van der Waals surface area contributed by atoms with Crippen molar-refractivity contribution in [3.8, 4) is 0 Å². The number of thiophene rings is 1. The van der Waals surface area contributed by atoms with E-state index in [1.807, 2.05) is 0 Å². The molecule has 2 aromatic heterocycles. The Labute approximate surface area is 83.9 Å². The molecule has 0 unspecified atom stereocenters. The minimum atomic E-state index is 0.921. The quantitative estimate of drug-likeness (QED) is 0.745. The predicted molar refractivity (Wildman–Crippen MR) is 52.8 cm³/mol. The van der Waals surface area contributed by atoms with E-state index in [1.54, 1.807) is 23.7 Å². The molecule has 0 amide bonds. The smallest absolute Gasteiger partial charge is 0.115 e. The molecule has 2 nitrogen and oxygen atoms in total. The molecule has 0 spiro atoms. The average molecular weight is 294 g/mol. The Balaban J connectivity index is 2.95. The SMILES string of the molecule is Brc1sc(Br)c2nccnc12. The first-order valence-corrected chi connectivity index (χ1v) is 5.24. The van der Waals surface area contributed by atoms with Crippen LogP contribution in [0.25, 0.3) is 11.0 Å². The summed E-state index contributed by atoms with van der Waals surface area (Å²) >= 11 is 8.40. The number of hydrogen-bond donors (Lipinski definition) is 0. The maximum Gasteiger partial charge on any atom is 0.115 e. The van der Waals surface area contributed by atoms with Gasteiger partial charge in [-0.1, -0.05) is 0 Å². The molecule has 2 heterocycles. The molecule has 0 aliphatic heterocycles. The van der Waals surface area contributed by atoms with Crippen molar-refractivity contribution in [3.63, 3.8) is 0 Å². The summed E-state index contributed by atoms with van der Waals surface area (Å²) in [5.41, 5.74) is 1.84. The Morgan fingerprint density at radius 2 is 1.45 bits per heavy atom. The molecule has 2 rings (SSSR count). The van der Waals surface area contributed by atoms with Crippen LogP contribution in [0.5, 0.6) is 0 Å². The van der Waals surface area contributed by atoms with E-state index < -0.39 is 0 Å². The standard InChI is InChI=1S/C6H2Br2N2S/c7-5-3-4(6(8)11-5)10-2-1-9-3/h1-2H. The summed E-state index contributed by atoms with van der Waals surface area (Å²) in [5, 5.41) is 0. The second kappa shape index (κ2) is 2.80. The van der Waals surface area contributed by atoms with Crippen LogP contribution in [-0.4, -0.2) is 9.97 Å². The zero-order valence-electron chi connectivity index (χ0n) is 5.21. The van der Waals surface area contributed by atoms with Crippen LogP contribution < -0.4 is 0 Å². The van der Waals surface area contributed by atoms with Gasteiger partial charge in [0, 0.05) is 12.4 Å². The first kappa shape index (κ1) is 7.64. The molecule has 0 saturated carbocycles. The highest BCUT2D eigenvalue weighted by atomic mass is 79.9. The van der Waals surface area contributed by atoms with Crippen molar-refractivity contribution in [1.29, 1.82) is 0 Å². The van der Waals surface area contributed by atoms with Crippen LogP contribution in [0.15, 0.2) is 20.0 Å². The third kappa shape index (κ3) is 1.21. The van der Waals surface area contributed by atoms with E-state index in [0.29, 0.717) is 0 Å². The van der Waals surface area contributed by atoms with E-state index in [4.69, 9.17) is 0 Å². The molecule has 0 N–H and O–H groups in total. The second-order valence-corrected chi connectivity index (χ2v) is 5.56. The minimum Gasteiger partial charge on any atom is -0.251 e. The summed E-state index contributed by atoms with van der Waals surface area (Å²) in [5.74, 6) is 0. The highest BCUT2D eigenvalue weighted by molar-refractivity contribution is 9.12. The van der Waals surface area contributed by atoms with Crippen LogP contribution in [0, 0.1) is 0 Å². The van der Waals surface area contributed by atoms with Gasteiger partial charge >= 0.3 is 0 Å². The number of nitrogens with zero attached hydrogens (tertiary/aromatic N) is 2. The molecule has 0 saturated heterocycles. The summed E-state index contributed by atoms with van der Waals surface area (Å²) in [7, 11) is 0. The topological polar surface area (TPSA) is 25.8 Å². The Morgan fingerprint density at radius 3 is 1.91 bits per heavy atom. The fourth-order valence-corrected chi connectivity index (χ4v) is 3.65. The highest BCUT2D eigenvalue weighted by Crippen LogP contribution is 2.36. The van der Waals surface area contributed by atoms with Gasteiger partial charge in [0.15, 0.2) is 0 Å². The van der Waals surface area contributed by atoms with Gasteiger partial charge in [-0.3, -0.25) is 9.97 Å². The molecule has 0 atom stereocenters. The lowest BCUT2D eigenvalue weighted by Crippen LogP contribution is -1.75. The molecule has 2 aromatic rings. The number of aromatic nitrogens is 2. The summed E-state index contributed by atoms with van der Waals surface area (Å²) < 4.78 is 2.04. The van der Waals surface area contributed by atoms with Gasteiger partial charge in [0.1, 0.15) is 11.0 Å².